The zero-order valence-electron chi connectivity index (χ0n) is 11.0. The summed E-state index contributed by atoms with van der Waals surface area (Å²) >= 11 is 0. The molecule has 0 saturated carbocycles. The number of nitrogens with one attached hydrogen (secondary N) is 1. The van der Waals surface area contributed by atoms with Crippen LogP contribution < -0.4 is 10.1 Å². The van der Waals surface area contributed by atoms with Crippen LogP contribution in [0.1, 0.15) is 24.2 Å². The summed E-state index contributed by atoms with van der Waals surface area (Å²) in [6, 6.07) is 4.09. The molecule has 0 aliphatic rings. The number of para-hydroxylation sites is 1. The second-order valence-corrected chi connectivity index (χ2v) is 4.61. The van der Waals surface area contributed by atoms with Crippen molar-refractivity contribution >= 4 is 11.6 Å². The number of benzene rings is 1. The summed E-state index contributed by atoms with van der Waals surface area (Å²) in [6.45, 7) is 3.01. The molecule has 1 aromatic carbocycles. The third-order valence-electron chi connectivity index (χ3n) is 2.49. The van der Waals surface area contributed by atoms with Gasteiger partial charge in [0.1, 0.15) is 0 Å². The highest BCUT2D eigenvalue weighted by Gasteiger charge is 2.26. The average Bonchev–Trinajstić information content (AvgIpc) is 2.37. The van der Waals surface area contributed by atoms with Gasteiger partial charge in [-0.05, 0) is 19.9 Å². The molecule has 1 amide bonds. The van der Waals surface area contributed by atoms with Gasteiger partial charge in [-0.25, -0.2) is 0 Å². The summed E-state index contributed by atoms with van der Waals surface area (Å²) < 4.78 is 4.94. The zero-order valence-corrected chi connectivity index (χ0v) is 11.0. The van der Waals surface area contributed by atoms with Crippen LogP contribution in [0.2, 0.25) is 0 Å². The van der Waals surface area contributed by atoms with E-state index in [2.05, 4.69) is 5.32 Å². The average molecular weight is 268 g/mol. The molecule has 0 heterocycles. The van der Waals surface area contributed by atoms with Crippen molar-refractivity contribution in [2.45, 2.75) is 19.4 Å². The van der Waals surface area contributed by atoms with Crippen molar-refractivity contribution < 1.29 is 19.6 Å². The van der Waals surface area contributed by atoms with Crippen molar-refractivity contribution in [1.82, 2.24) is 5.32 Å². The standard InChI is InChI=1S/C12H16N2O5/c1-12(2,7-15)13-11(16)8-5-4-6-9(14(17)18)10(8)19-3/h4-6,15H,7H2,1-3H3,(H,13,16). The highest BCUT2D eigenvalue weighted by atomic mass is 16.6. The number of nitro benzene ring substituents is 1. The van der Waals surface area contributed by atoms with E-state index >= 15 is 0 Å². The molecule has 7 nitrogen and oxygen atoms in total. The van der Waals surface area contributed by atoms with E-state index in [0.29, 0.717) is 0 Å². The van der Waals surface area contributed by atoms with Gasteiger partial charge in [-0.15, -0.1) is 0 Å². The number of aliphatic hydroxyl groups is 1. The number of carbonyl (C=O) groups is 1. The number of ether oxygens (including phenoxy) is 1. The summed E-state index contributed by atoms with van der Waals surface area (Å²) in [6.07, 6.45) is 0. The Morgan fingerprint density at radius 2 is 2.16 bits per heavy atom. The Hall–Kier alpha value is -2.15. The quantitative estimate of drug-likeness (QED) is 0.615. The maximum Gasteiger partial charge on any atom is 0.311 e. The number of methoxy groups -OCH3 is 1. The molecule has 0 bridgehead atoms. The molecule has 0 atom stereocenters. The molecular weight excluding hydrogens is 252 g/mol. The number of aliphatic hydroxyl groups excluding tert-OH is 1. The number of rotatable bonds is 5. The lowest BCUT2D eigenvalue weighted by Gasteiger charge is -2.23. The highest BCUT2D eigenvalue weighted by Crippen LogP contribution is 2.30. The molecular formula is C12H16N2O5. The summed E-state index contributed by atoms with van der Waals surface area (Å²) in [5, 5.41) is 22.5. The lowest BCUT2D eigenvalue weighted by molar-refractivity contribution is -0.385. The predicted octanol–water partition coefficient (Wildman–Crippen LogP) is 1.10. The van der Waals surface area contributed by atoms with Gasteiger partial charge < -0.3 is 15.2 Å². The van der Waals surface area contributed by atoms with Gasteiger partial charge in [-0.3, -0.25) is 14.9 Å². The van der Waals surface area contributed by atoms with Crippen LogP contribution in [-0.2, 0) is 0 Å². The Kier molecular flexibility index (Phi) is 4.44. The van der Waals surface area contributed by atoms with E-state index in [0.717, 1.165) is 0 Å². The zero-order chi connectivity index (χ0) is 14.6. The van der Waals surface area contributed by atoms with Crippen LogP contribution in [0.4, 0.5) is 5.69 Å². The smallest absolute Gasteiger partial charge is 0.311 e. The first-order valence-corrected chi connectivity index (χ1v) is 5.57. The van der Waals surface area contributed by atoms with Crippen LogP contribution in [0.15, 0.2) is 18.2 Å². The fourth-order valence-electron chi connectivity index (χ4n) is 1.48. The van der Waals surface area contributed by atoms with E-state index in [1.165, 1.54) is 25.3 Å². The molecule has 0 saturated heterocycles. The lowest BCUT2D eigenvalue weighted by Crippen LogP contribution is -2.46. The summed E-state index contributed by atoms with van der Waals surface area (Å²) in [4.78, 5) is 22.3. The fourth-order valence-corrected chi connectivity index (χ4v) is 1.48. The minimum Gasteiger partial charge on any atom is -0.490 e. The third-order valence-corrected chi connectivity index (χ3v) is 2.49. The second kappa shape index (κ2) is 5.66. The van der Waals surface area contributed by atoms with Crippen LogP contribution in [0.25, 0.3) is 0 Å². The van der Waals surface area contributed by atoms with E-state index in [1.807, 2.05) is 0 Å². The van der Waals surface area contributed by atoms with E-state index < -0.39 is 16.4 Å². The van der Waals surface area contributed by atoms with Gasteiger partial charge in [0.15, 0.2) is 0 Å². The number of nitrogens with zero attached hydrogens (tertiary/aromatic N) is 1. The number of carbonyl (C=O) groups excluding carboxylic acids is 1. The van der Waals surface area contributed by atoms with Crippen molar-refractivity contribution in [1.29, 1.82) is 0 Å². The van der Waals surface area contributed by atoms with Crippen LogP contribution in [0.3, 0.4) is 0 Å². The first-order chi connectivity index (χ1) is 8.82. The summed E-state index contributed by atoms with van der Waals surface area (Å²) in [5.41, 5.74) is -1.05. The van der Waals surface area contributed by atoms with Gasteiger partial charge in [-0.2, -0.15) is 0 Å². The third kappa shape index (κ3) is 3.41. The Bertz CT molecular complexity index is 499. The molecule has 1 rings (SSSR count). The lowest BCUT2D eigenvalue weighted by atomic mass is 10.1. The topological polar surface area (TPSA) is 102 Å². The fraction of sp³-hybridized carbons (Fsp3) is 0.417. The van der Waals surface area contributed by atoms with E-state index in [-0.39, 0.29) is 23.6 Å². The van der Waals surface area contributed by atoms with E-state index in [1.54, 1.807) is 13.8 Å². The second-order valence-electron chi connectivity index (χ2n) is 4.61. The van der Waals surface area contributed by atoms with Gasteiger partial charge in [0, 0.05) is 6.07 Å². The molecule has 1 aromatic rings. The maximum absolute atomic E-state index is 12.0. The molecule has 0 aliphatic heterocycles. The van der Waals surface area contributed by atoms with Crippen LogP contribution in [0.5, 0.6) is 5.75 Å². The monoisotopic (exact) mass is 268 g/mol. The van der Waals surface area contributed by atoms with Gasteiger partial charge in [0.05, 0.1) is 29.7 Å². The number of hydrogen-bond acceptors (Lipinski definition) is 5. The number of hydrogen-bond donors (Lipinski definition) is 2. The molecule has 0 aromatic heterocycles. The van der Waals surface area contributed by atoms with E-state index in [9.17, 15) is 14.9 Å². The van der Waals surface area contributed by atoms with Gasteiger partial charge in [-0.1, -0.05) is 6.07 Å². The minimum absolute atomic E-state index is 0.0539. The SMILES string of the molecule is COc1c(C(=O)NC(C)(C)CO)cccc1[N+](=O)[O-]. The maximum atomic E-state index is 12.0. The molecule has 0 fully saturated rings. The van der Waals surface area contributed by atoms with Crippen LogP contribution >= 0.6 is 0 Å². The molecule has 0 unspecified atom stereocenters. The first-order valence-electron chi connectivity index (χ1n) is 5.57. The molecule has 7 heteroatoms. The van der Waals surface area contributed by atoms with Crippen LogP contribution in [0, 0.1) is 10.1 Å². The largest absolute Gasteiger partial charge is 0.490 e. The Labute approximate surface area is 110 Å². The Balaban J connectivity index is 3.17. The van der Waals surface area contributed by atoms with Gasteiger partial charge >= 0.3 is 5.69 Å². The first kappa shape index (κ1) is 14.9. The predicted molar refractivity (Wildman–Crippen MR) is 68.3 cm³/mol. The van der Waals surface area contributed by atoms with Crippen molar-refractivity contribution in [2.24, 2.45) is 0 Å². The van der Waals surface area contributed by atoms with Crippen molar-refractivity contribution in [3.63, 3.8) is 0 Å². The summed E-state index contributed by atoms with van der Waals surface area (Å²) in [5.74, 6) is -0.640. The molecule has 2 N–H and O–H groups in total. The van der Waals surface area contributed by atoms with Crippen molar-refractivity contribution in [3.05, 3.63) is 33.9 Å². The number of amides is 1. The minimum atomic E-state index is -0.827. The molecule has 19 heavy (non-hydrogen) atoms. The highest BCUT2D eigenvalue weighted by molar-refractivity contribution is 5.98. The molecule has 0 radical (unpaired) electrons. The van der Waals surface area contributed by atoms with Crippen LogP contribution in [-0.4, -0.2) is 35.2 Å². The molecule has 0 spiro atoms. The molecule has 104 valence electrons. The van der Waals surface area contributed by atoms with Crippen molar-refractivity contribution in [2.75, 3.05) is 13.7 Å². The van der Waals surface area contributed by atoms with Crippen molar-refractivity contribution in [3.8, 4) is 5.75 Å². The number of nitro groups is 1. The summed E-state index contributed by atoms with van der Waals surface area (Å²) in [7, 11) is 1.26. The van der Waals surface area contributed by atoms with Gasteiger partial charge in [0.2, 0.25) is 5.75 Å². The Morgan fingerprint density at radius 1 is 1.53 bits per heavy atom. The van der Waals surface area contributed by atoms with E-state index in [4.69, 9.17) is 9.84 Å². The molecule has 0 aliphatic carbocycles. The normalized spacial score (nSPS) is 10.9. The van der Waals surface area contributed by atoms with Gasteiger partial charge in [0.25, 0.3) is 5.91 Å². The Morgan fingerprint density at radius 3 is 2.63 bits per heavy atom.